The van der Waals surface area contributed by atoms with Gasteiger partial charge in [0.2, 0.25) is 0 Å². The fourth-order valence-corrected chi connectivity index (χ4v) is 2.44. The lowest BCUT2D eigenvalue weighted by Gasteiger charge is -1.93. The van der Waals surface area contributed by atoms with Crippen LogP contribution < -0.4 is 0 Å². The molecule has 0 saturated heterocycles. The van der Waals surface area contributed by atoms with E-state index in [1.807, 2.05) is 13.0 Å². The first-order chi connectivity index (χ1) is 6.72. The summed E-state index contributed by atoms with van der Waals surface area (Å²) in [7, 11) is 0. The average molecular weight is 207 g/mol. The molecule has 2 aromatic heterocycles. The summed E-state index contributed by atoms with van der Waals surface area (Å²) in [6.45, 7) is 4.19. The van der Waals surface area contributed by atoms with E-state index in [1.165, 1.54) is 10.4 Å². The number of aromatic nitrogens is 1. The van der Waals surface area contributed by atoms with Gasteiger partial charge in [-0.15, -0.1) is 11.3 Å². The van der Waals surface area contributed by atoms with E-state index in [-0.39, 0.29) is 6.61 Å². The van der Waals surface area contributed by atoms with Gasteiger partial charge in [0.25, 0.3) is 0 Å². The second-order valence-corrected chi connectivity index (χ2v) is 4.34. The van der Waals surface area contributed by atoms with Crippen molar-refractivity contribution in [2.24, 2.45) is 0 Å². The molecule has 14 heavy (non-hydrogen) atoms. The van der Waals surface area contributed by atoms with Gasteiger partial charge in [0.15, 0.2) is 0 Å². The summed E-state index contributed by atoms with van der Waals surface area (Å²) in [4.78, 5) is 4.55. The van der Waals surface area contributed by atoms with Crippen LogP contribution in [-0.4, -0.2) is 10.1 Å². The van der Waals surface area contributed by atoms with E-state index in [0.717, 1.165) is 17.0 Å². The molecule has 3 heteroatoms. The van der Waals surface area contributed by atoms with Crippen LogP contribution in [0.2, 0.25) is 0 Å². The van der Waals surface area contributed by atoms with Gasteiger partial charge in [-0.2, -0.15) is 0 Å². The summed E-state index contributed by atoms with van der Waals surface area (Å²) in [6, 6.07) is 4.13. The highest BCUT2D eigenvalue weighted by Gasteiger charge is 2.08. The second kappa shape index (κ2) is 3.59. The Balaban J connectivity index is 2.47. The third kappa shape index (κ3) is 1.49. The maximum absolute atomic E-state index is 9.08. The molecule has 0 aromatic carbocycles. The molecule has 0 aliphatic carbocycles. The standard InChI is InChI=1S/C11H13NOS/c1-7-3-4-14-11(7)10-5-9(6-13)8(2)12-10/h3-5,12-13H,6H2,1-2H3. The van der Waals surface area contributed by atoms with Crippen LogP contribution in [0.15, 0.2) is 17.5 Å². The van der Waals surface area contributed by atoms with Crippen LogP contribution in [0.5, 0.6) is 0 Å². The Bertz CT molecular complexity index is 442. The van der Waals surface area contributed by atoms with Crippen molar-refractivity contribution in [1.29, 1.82) is 0 Å². The summed E-state index contributed by atoms with van der Waals surface area (Å²) < 4.78 is 0. The molecular formula is C11H13NOS. The van der Waals surface area contributed by atoms with E-state index >= 15 is 0 Å². The summed E-state index contributed by atoms with van der Waals surface area (Å²) in [6.07, 6.45) is 0. The zero-order valence-corrected chi connectivity index (χ0v) is 9.11. The van der Waals surface area contributed by atoms with Gasteiger partial charge in [-0.05, 0) is 42.5 Å². The lowest BCUT2D eigenvalue weighted by Crippen LogP contribution is -1.81. The summed E-state index contributed by atoms with van der Waals surface area (Å²) >= 11 is 1.72. The van der Waals surface area contributed by atoms with Crippen LogP contribution in [0.25, 0.3) is 10.6 Å². The molecule has 74 valence electrons. The van der Waals surface area contributed by atoms with E-state index in [1.54, 1.807) is 11.3 Å². The van der Waals surface area contributed by atoms with E-state index in [9.17, 15) is 0 Å². The number of H-pyrrole nitrogens is 1. The number of rotatable bonds is 2. The third-order valence-electron chi connectivity index (χ3n) is 2.40. The maximum Gasteiger partial charge on any atom is 0.0699 e. The van der Waals surface area contributed by atoms with Gasteiger partial charge in [-0.3, -0.25) is 0 Å². The van der Waals surface area contributed by atoms with Gasteiger partial charge in [0.1, 0.15) is 0 Å². The third-order valence-corrected chi connectivity index (χ3v) is 3.45. The number of aliphatic hydroxyl groups excluding tert-OH is 1. The number of nitrogens with one attached hydrogen (secondary N) is 1. The number of thiophene rings is 1. The smallest absolute Gasteiger partial charge is 0.0699 e. The van der Waals surface area contributed by atoms with Crippen LogP contribution in [0.4, 0.5) is 0 Å². The number of hydrogen-bond acceptors (Lipinski definition) is 2. The van der Waals surface area contributed by atoms with Crippen LogP contribution >= 0.6 is 11.3 Å². The van der Waals surface area contributed by atoms with Crippen LogP contribution in [0.1, 0.15) is 16.8 Å². The largest absolute Gasteiger partial charge is 0.392 e. The molecule has 0 aliphatic rings. The minimum Gasteiger partial charge on any atom is -0.392 e. The predicted octanol–water partition coefficient (Wildman–Crippen LogP) is 2.85. The van der Waals surface area contributed by atoms with Gasteiger partial charge < -0.3 is 10.1 Å². The summed E-state index contributed by atoms with van der Waals surface area (Å²) in [5.41, 5.74) is 4.42. The Labute approximate surface area is 87.2 Å². The molecule has 2 heterocycles. The Morgan fingerprint density at radius 3 is 2.71 bits per heavy atom. The molecule has 0 fully saturated rings. The lowest BCUT2D eigenvalue weighted by atomic mass is 10.2. The van der Waals surface area contributed by atoms with Crippen molar-refractivity contribution in [3.05, 3.63) is 34.3 Å². The second-order valence-electron chi connectivity index (χ2n) is 3.42. The number of aromatic amines is 1. The number of hydrogen-bond donors (Lipinski definition) is 2. The maximum atomic E-state index is 9.08. The molecule has 2 N–H and O–H groups in total. The first-order valence-electron chi connectivity index (χ1n) is 4.56. The molecule has 0 radical (unpaired) electrons. The van der Waals surface area contributed by atoms with E-state index in [4.69, 9.17) is 5.11 Å². The number of aliphatic hydroxyl groups is 1. The highest BCUT2D eigenvalue weighted by molar-refractivity contribution is 7.13. The number of aryl methyl sites for hydroxylation is 2. The monoisotopic (exact) mass is 207 g/mol. The Morgan fingerprint density at radius 2 is 2.21 bits per heavy atom. The zero-order valence-electron chi connectivity index (χ0n) is 8.29. The highest BCUT2D eigenvalue weighted by atomic mass is 32.1. The molecule has 0 bridgehead atoms. The molecule has 0 saturated carbocycles. The van der Waals surface area contributed by atoms with Crippen molar-refractivity contribution in [1.82, 2.24) is 4.98 Å². The van der Waals surface area contributed by atoms with Crippen LogP contribution in [0.3, 0.4) is 0 Å². The van der Waals surface area contributed by atoms with Gasteiger partial charge in [0, 0.05) is 5.69 Å². The van der Waals surface area contributed by atoms with Crippen molar-refractivity contribution >= 4 is 11.3 Å². The Morgan fingerprint density at radius 1 is 1.43 bits per heavy atom. The zero-order chi connectivity index (χ0) is 10.1. The topological polar surface area (TPSA) is 36.0 Å². The molecule has 0 aliphatic heterocycles. The summed E-state index contributed by atoms with van der Waals surface area (Å²) in [5, 5.41) is 11.2. The fraction of sp³-hybridized carbons (Fsp3) is 0.273. The Kier molecular flexibility index (Phi) is 2.44. The first kappa shape index (κ1) is 9.49. The molecule has 2 nitrogen and oxygen atoms in total. The molecular weight excluding hydrogens is 194 g/mol. The quantitative estimate of drug-likeness (QED) is 0.780. The van der Waals surface area contributed by atoms with Gasteiger partial charge >= 0.3 is 0 Å². The molecule has 2 rings (SSSR count). The van der Waals surface area contributed by atoms with Crippen molar-refractivity contribution in [3.8, 4) is 10.6 Å². The molecule has 0 unspecified atom stereocenters. The van der Waals surface area contributed by atoms with Gasteiger partial charge in [-0.1, -0.05) is 0 Å². The predicted molar refractivity (Wildman–Crippen MR) is 59.5 cm³/mol. The van der Waals surface area contributed by atoms with Gasteiger partial charge in [0.05, 0.1) is 17.2 Å². The molecule has 0 amide bonds. The van der Waals surface area contributed by atoms with E-state index in [2.05, 4.69) is 23.4 Å². The molecule has 0 spiro atoms. The minimum atomic E-state index is 0.104. The molecule has 2 aromatic rings. The minimum absolute atomic E-state index is 0.104. The first-order valence-corrected chi connectivity index (χ1v) is 5.44. The lowest BCUT2D eigenvalue weighted by molar-refractivity contribution is 0.281. The van der Waals surface area contributed by atoms with E-state index < -0.39 is 0 Å². The van der Waals surface area contributed by atoms with Crippen molar-refractivity contribution in [2.75, 3.05) is 0 Å². The highest BCUT2D eigenvalue weighted by Crippen LogP contribution is 2.29. The molecule has 0 atom stereocenters. The normalized spacial score (nSPS) is 10.8. The average Bonchev–Trinajstić information content (AvgIpc) is 2.71. The van der Waals surface area contributed by atoms with Crippen molar-refractivity contribution in [2.45, 2.75) is 20.5 Å². The SMILES string of the molecule is Cc1ccsc1-c1cc(CO)c(C)[nH]1. The van der Waals surface area contributed by atoms with E-state index in [0.29, 0.717) is 0 Å². The van der Waals surface area contributed by atoms with Crippen LogP contribution in [0, 0.1) is 13.8 Å². The van der Waals surface area contributed by atoms with Gasteiger partial charge in [-0.25, -0.2) is 0 Å². The Hall–Kier alpha value is -1.06. The van der Waals surface area contributed by atoms with Crippen molar-refractivity contribution < 1.29 is 5.11 Å². The summed E-state index contributed by atoms with van der Waals surface area (Å²) in [5.74, 6) is 0. The van der Waals surface area contributed by atoms with Crippen LogP contribution in [-0.2, 0) is 6.61 Å². The fourth-order valence-electron chi connectivity index (χ4n) is 1.54. The van der Waals surface area contributed by atoms with Crippen molar-refractivity contribution in [3.63, 3.8) is 0 Å².